The van der Waals surface area contributed by atoms with E-state index in [4.69, 9.17) is 14.2 Å². The quantitative estimate of drug-likeness (QED) is 0.525. The third kappa shape index (κ3) is 6.78. The Balaban J connectivity index is 1.62. The molecule has 1 unspecified atom stereocenters. The zero-order valence-electron chi connectivity index (χ0n) is 17.4. The molecule has 1 aliphatic heterocycles. The topological polar surface area (TPSA) is 103 Å². The molecule has 2 N–H and O–H groups in total. The lowest BCUT2D eigenvalue weighted by Gasteiger charge is -2.18. The predicted octanol–water partition coefficient (Wildman–Crippen LogP) is 2.99. The van der Waals surface area contributed by atoms with Crippen molar-refractivity contribution in [1.29, 1.82) is 0 Å². The number of thioether (sulfide) groups is 1. The SMILES string of the molecule is CCS(=O)(=O)NC(CCSC)C(=O)Nc1cccc(COc2ccc3c(c2)OCO3)c1. The Hall–Kier alpha value is -2.43. The second-order valence-corrected chi connectivity index (χ2v) is 9.88. The van der Waals surface area contributed by atoms with Crippen LogP contribution < -0.4 is 24.2 Å². The van der Waals surface area contributed by atoms with E-state index >= 15 is 0 Å². The third-order valence-electron chi connectivity index (χ3n) is 4.57. The van der Waals surface area contributed by atoms with Gasteiger partial charge in [0.25, 0.3) is 0 Å². The van der Waals surface area contributed by atoms with Gasteiger partial charge in [-0.3, -0.25) is 4.79 Å². The molecule has 0 saturated carbocycles. The van der Waals surface area contributed by atoms with Gasteiger partial charge in [0.05, 0.1) is 5.75 Å². The molecular weight excluding hydrogens is 440 g/mol. The molecule has 31 heavy (non-hydrogen) atoms. The first-order valence-corrected chi connectivity index (χ1v) is 12.9. The fourth-order valence-corrected chi connectivity index (χ4v) is 4.18. The predicted molar refractivity (Wildman–Crippen MR) is 121 cm³/mol. The van der Waals surface area contributed by atoms with E-state index in [1.54, 1.807) is 48.2 Å². The molecule has 2 aromatic carbocycles. The van der Waals surface area contributed by atoms with Crippen LogP contribution in [0.15, 0.2) is 42.5 Å². The maximum Gasteiger partial charge on any atom is 0.242 e. The van der Waals surface area contributed by atoms with E-state index in [0.717, 1.165) is 5.56 Å². The lowest BCUT2D eigenvalue weighted by Crippen LogP contribution is -2.44. The molecule has 0 radical (unpaired) electrons. The molecule has 8 nitrogen and oxygen atoms in total. The summed E-state index contributed by atoms with van der Waals surface area (Å²) in [6.45, 7) is 2.03. The number of rotatable bonds is 11. The summed E-state index contributed by atoms with van der Waals surface area (Å²) in [6.07, 6.45) is 2.31. The summed E-state index contributed by atoms with van der Waals surface area (Å²) in [6, 6.07) is 11.8. The van der Waals surface area contributed by atoms with E-state index in [1.807, 2.05) is 12.3 Å². The van der Waals surface area contributed by atoms with Crippen LogP contribution in [-0.4, -0.2) is 44.9 Å². The van der Waals surface area contributed by atoms with Gasteiger partial charge in [0.2, 0.25) is 22.7 Å². The molecule has 1 amide bonds. The van der Waals surface area contributed by atoms with E-state index in [0.29, 0.717) is 41.7 Å². The fourth-order valence-electron chi connectivity index (χ4n) is 2.88. The van der Waals surface area contributed by atoms with Crippen molar-refractivity contribution < 1.29 is 27.4 Å². The summed E-state index contributed by atoms with van der Waals surface area (Å²) in [5, 5.41) is 2.80. The molecule has 0 fully saturated rings. The lowest BCUT2D eigenvalue weighted by molar-refractivity contribution is -0.117. The van der Waals surface area contributed by atoms with E-state index in [1.165, 1.54) is 6.92 Å². The summed E-state index contributed by atoms with van der Waals surface area (Å²) < 4.78 is 42.8. The second kappa shape index (κ2) is 10.7. The molecule has 2 aromatic rings. The average molecular weight is 467 g/mol. The van der Waals surface area contributed by atoms with Crippen LogP contribution in [0.3, 0.4) is 0 Å². The van der Waals surface area contributed by atoms with E-state index < -0.39 is 16.1 Å². The van der Waals surface area contributed by atoms with Gasteiger partial charge in [0.15, 0.2) is 11.5 Å². The minimum Gasteiger partial charge on any atom is -0.489 e. The first kappa shape index (κ1) is 23.2. The summed E-state index contributed by atoms with van der Waals surface area (Å²) in [7, 11) is -3.50. The average Bonchev–Trinajstić information content (AvgIpc) is 3.23. The number of hydrogen-bond donors (Lipinski definition) is 2. The Bertz CT molecular complexity index is 1010. The monoisotopic (exact) mass is 466 g/mol. The minimum absolute atomic E-state index is 0.0806. The van der Waals surface area contributed by atoms with E-state index in [2.05, 4.69) is 10.0 Å². The maximum absolute atomic E-state index is 12.7. The fraction of sp³-hybridized carbons (Fsp3) is 0.381. The molecule has 0 saturated heterocycles. The number of nitrogens with one attached hydrogen (secondary N) is 2. The van der Waals surface area contributed by atoms with Crippen molar-refractivity contribution in [2.75, 3.05) is 29.9 Å². The molecule has 10 heteroatoms. The number of hydrogen-bond acceptors (Lipinski definition) is 7. The van der Waals surface area contributed by atoms with Crippen LogP contribution in [-0.2, 0) is 21.4 Å². The molecule has 1 atom stereocenters. The highest BCUT2D eigenvalue weighted by atomic mass is 32.2. The van der Waals surface area contributed by atoms with Gasteiger partial charge in [-0.1, -0.05) is 12.1 Å². The van der Waals surface area contributed by atoms with Crippen LogP contribution in [0.1, 0.15) is 18.9 Å². The van der Waals surface area contributed by atoms with Crippen molar-refractivity contribution in [3.05, 3.63) is 48.0 Å². The van der Waals surface area contributed by atoms with Gasteiger partial charge >= 0.3 is 0 Å². The number of anilines is 1. The molecule has 3 rings (SSSR count). The van der Waals surface area contributed by atoms with Gasteiger partial charge in [-0.05, 0) is 55.2 Å². The Labute approximate surface area is 186 Å². The van der Waals surface area contributed by atoms with Gasteiger partial charge in [-0.2, -0.15) is 11.8 Å². The third-order valence-corrected chi connectivity index (χ3v) is 6.62. The Kier molecular flexibility index (Phi) is 8.05. The summed E-state index contributed by atoms with van der Waals surface area (Å²) in [4.78, 5) is 12.7. The van der Waals surface area contributed by atoms with E-state index in [9.17, 15) is 13.2 Å². The highest BCUT2D eigenvalue weighted by Gasteiger charge is 2.23. The highest BCUT2D eigenvalue weighted by molar-refractivity contribution is 7.98. The number of fused-ring (bicyclic) bond motifs is 1. The zero-order valence-corrected chi connectivity index (χ0v) is 19.1. The molecule has 0 spiro atoms. The van der Waals surface area contributed by atoms with Crippen molar-refractivity contribution >= 4 is 33.4 Å². The molecule has 0 aliphatic carbocycles. The largest absolute Gasteiger partial charge is 0.489 e. The van der Waals surface area contributed by atoms with E-state index in [-0.39, 0.29) is 18.5 Å². The number of benzene rings is 2. The molecule has 0 aromatic heterocycles. The summed E-state index contributed by atoms with van der Waals surface area (Å²) in [5.41, 5.74) is 1.42. The smallest absolute Gasteiger partial charge is 0.242 e. The molecule has 168 valence electrons. The Morgan fingerprint density at radius 3 is 2.77 bits per heavy atom. The van der Waals surface area contributed by atoms with Crippen LogP contribution >= 0.6 is 11.8 Å². The van der Waals surface area contributed by atoms with Crippen LogP contribution in [0.4, 0.5) is 5.69 Å². The van der Waals surface area contributed by atoms with Crippen LogP contribution in [0, 0.1) is 0 Å². The lowest BCUT2D eigenvalue weighted by atomic mass is 10.2. The van der Waals surface area contributed by atoms with Crippen LogP contribution in [0.5, 0.6) is 17.2 Å². The maximum atomic E-state index is 12.7. The van der Waals surface area contributed by atoms with Gasteiger partial charge < -0.3 is 19.5 Å². The molecule has 1 heterocycles. The van der Waals surface area contributed by atoms with Crippen LogP contribution in [0.25, 0.3) is 0 Å². The van der Waals surface area contributed by atoms with Gasteiger partial charge in [0.1, 0.15) is 18.4 Å². The first-order chi connectivity index (χ1) is 14.9. The van der Waals surface area contributed by atoms with Crippen molar-refractivity contribution in [2.24, 2.45) is 0 Å². The standard InChI is InChI=1S/C21H26N2O6S2/c1-3-31(25,26)23-18(9-10-30-2)21(24)22-16-6-4-5-15(11-16)13-27-17-7-8-19-20(12-17)29-14-28-19/h4-8,11-12,18,23H,3,9-10,13-14H2,1-2H3,(H,22,24). The number of ether oxygens (including phenoxy) is 3. The van der Waals surface area contributed by atoms with Crippen molar-refractivity contribution in [3.63, 3.8) is 0 Å². The molecule has 0 bridgehead atoms. The zero-order chi connectivity index (χ0) is 22.3. The Morgan fingerprint density at radius 1 is 1.19 bits per heavy atom. The van der Waals surface area contributed by atoms with Gasteiger partial charge in [0, 0.05) is 11.8 Å². The molecule has 1 aliphatic rings. The highest BCUT2D eigenvalue weighted by Crippen LogP contribution is 2.35. The molecular formula is C21H26N2O6S2. The second-order valence-electron chi connectivity index (χ2n) is 6.85. The number of amides is 1. The number of carbonyl (C=O) groups is 1. The normalized spacial score (nSPS) is 13.6. The Morgan fingerprint density at radius 2 is 2.00 bits per heavy atom. The van der Waals surface area contributed by atoms with Gasteiger partial charge in [-0.15, -0.1) is 0 Å². The van der Waals surface area contributed by atoms with Gasteiger partial charge in [-0.25, -0.2) is 13.1 Å². The van der Waals surface area contributed by atoms with Crippen molar-refractivity contribution in [1.82, 2.24) is 4.72 Å². The van der Waals surface area contributed by atoms with Crippen molar-refractivity contribution in [3.8, 4) is 17.2 Å². The number of sulfonamides is 1. The minimum atomic E-state index is -3.50. The summed E-state index contributed by atoms with van der Waals surface area (Å²) in [5.74, 6) is 2.16. The van der Waals surface area contributed by atoms with Crippen molar-refractivity contribution in [2.45, 2.75) is 26.0 Å². The van der Waals surface area contributed by atoms with Crippen LogP contribution in [0.2, 0.25) is 0 Å². The first-order valence-electron chi connectivity index (χ1n) is 9.81. The number of carbonyl (C=O) groups excluding carboxylic acids is 1. The summed E-state index contributed by atoms with van der Waals surface area (Å²) >= 11 is 1.55.